The fourth-order valence-corrected chi connectivity index (χ4v) is 0.624. The first-order chi connectivity index (χ1) is 4.75. The van der Waals surface area contributed by atoms with E-state index in [1.54, 1.807) is 0 Å². The monoisotopic (exact) mass is 137 g/mol. The van der Waals surface area contributed by atoms with Gasteiger partial charge in [0.1, 0.15) is 0 Å². The van der Waals surface area contributed by atoms with Crippen molar-refractivity contribution in [3.8, 4) is 5.88 Å². The summed E-state index contributed by atoms with van der Waals surface area (Å²) in [4.78, 5) is 3.54. The first-order valence-electron chi connectivity index (χ1n) is 2.69. The zero-order valence-corrected chi connectivity index (χ0v) is 5.20. The molecule has 0 spiro atoms. The fraction of sp³-hybridized carbons (Fsp3) is 0. The van der Waals surface area contributed by atoms with Gasteiger partial charge in [0.05, 0.1) is 5.56 Å². The summed E-state index contributed by atoms with van der Waals surface area (Å²) >= 11 is 0. The van der Waals surface area contributed by atoms with E-state index in [9.17, 15) is 0 Å². The van der Waals surface area contributed by atoms with Crippen molar-refractivity contribution in [2.24, 2.45) is 0 Å². The van der Waals surface area contributed by atoms with Crippen LogP contribution >= 0.6 is 0 Å². The van der Waals surface area contributed by atoms with Gasteiger partial charge in [-0.15, -0.1) is 0 Å². The maximum atomic E-state index is 8.95. The van der Waals surface area contributed by atoms with Gasteiger partial charge in [0.25, 0.3) is 0 Å². The van der Waals surface area contributed by atoms with Crippen LogP contribution < -0.4 is 5.73 Å². The van der Waals surface area contributed by atoms with Crippen molar-refractivity contribution in [3.63, 3.8) is 0 Å². The van der Waals surface area contributed by atoms with Gasteiger partial charge >= 0.3 is 0 Å². The zero-order chi connectivity index (χ0) is 7.56. The lowest BCUT2D eigenvalue weighted by Gasteiger charge is -1.98. The molecule has 1 aromatic heterocycles. The molecule has 1 rings (SSSR count). The molecule has 1 aromatic rings. The second kappa shape index (κ2) is 2.34. The van der Waals surface area contributed by atoms with E-state index in [1.165, 1.54) is 12.3 Å². The molecule has 0 unspecified atom stereocenters. The summed E-state index contributed by atoms with van der Waals surface area (Å²) < 4.78 is 0. The van der Waals surface area contributed by atoms with Crippen molar-refractivity contribution in [1.82, 2.24) is 4.98 Å². The summed E-state index contributed by atoms with van der Waals surface area (Å²) in [6, 6.07) is 1.53. The average molecular weight is 137 g/mol. The number of rotatable bonds is 1. The number of aromatic nitrogens is 1. The molecule has 0 saturated carbocycles. The van der Waals surface area contributed by atoms with Crippen molar-refractivity contribution in [2.45, 2.75) is 0 Å². The first-order valence-corrected chi connectivity index (χ1v) is 2.69. The molecule has 0 aliphatic carbocycles. The van der Waals surface area contributed by atoms with Gasteiger partial charge in [-0.3, -0.25) is 0 Å². The van der Waals surface area contributed by atoms with Gasteiger partial charge in [-0.05, 0) is 6.07 Å². The molecule has 10 heavy (non-hydrogen) atoms. The molecule has 0 fully saturated rings. The highest BCUT2D eigenvalue weighted by molar-refractivity contribution is 5.87. The topological polar surface area (TPSA) is 83.0 Å². The Morgan fingerprint density at radius 1 is 1.70 bits per heavy atom. The highest BCUT2D eigenvalue weighted by atomic mass is 16.3. The third kappa shape index (κ3) is 0.907. The Labute approximate surface area is 57.8 Å². The van der Waals surface area contributed by atoms with E-state index in [1.807, 2.05) is 0 Å². The van der Waals surface area contributed by atoms with E-state index in [0.717, 1.165) is 6.21 Å². The molecule has 0 bridgehead atoms. The van der Waals surface area contributed by atoms with Crippen molar-refractivity contribution in [1.29, 1.82) is 5.41 Å². The van der Waals surface area contributed by atoms with Crippen LogP contribution in [0.3, 0.4) is 0 Å². The summed E-state index contributed by atoms with van der Waals surface area (Å²) in [6.45, 7) is 0. The molecule has 4 nitrogen and oxygen atoms in total. The van der Waals surface area contributed by atoms with E-state index in [-0.39, 0.29) is 11.4 Å². The number of anilines is 1. The van der Waals surface area contributed by atoms with Crippen LogP contribution in [-0.4, -0.2) is 16.3 Å². The second-order valence-electron chi connectivity index (χ2n) is 1.78. The van der Waals surface area contributed by atoms with Crippen LogP contribution in [0.1, 0.15) is 5.56 Å². The highest BCUT2D eigenvalue weighted by Gasteiger charge is 2.00. The maximum Gasteiger partial charge on any atom is 0.221 e. The molecule has 4 heteroatoms. The molecule has 52 valence electrons. The molecule has 1 heterocycles. The number of nitrogens with zero attached hydrogens (tertiary/aromatic N) is 1. The van der Waals surface area contributed by atoms with Crippen molar-refractivity contribution in [3.05, 3.63) is 17.8 Å². The normalized spacial score (nSPS) is 9.20. The number of hydrogen-bond donors (Lipinski definition) is 3. The largest absolute Gasteiger partial charge is 0.493 e. The minimum Gasteiger partial charge on any atom is -0.493 e. The van der Waals surface area contributed by atoms with Crippen LogP contribution in [0.15, 0.2) is 12.3 Å². The SMILES string of the molecule is N=Cc1c(N)ccnc1O. The van der Waals surface area contributed by atoms with Crippen LogP contribution in [0.25, 0.3) is 0 Å². The molecule has 0 atom stereocenters. The summed E-state index contributed by atoms with van der Waals surface area (Å²) in [5, 5.41) is 15.8. The Morgan fingerprint density at radius 3 is 2.80 bits per heavy atom. The zero-order valence-electron chi connectivity index (χ0n) is 5.20. The molecule has 0 aliphatic rings. The summed E-state index contributed by atoms with van der Waals surface area (Å²) in [7, 11) is 0. The van der Waals surface area contributed by atoms with E-state index in [2.05, 4.69) is 4.98 Å². The minimum atomic E-state index is -0.199. The predicted octanol–water partition coefficient (Wildman–Crippen LogP) is 0.367. The lowest BCUT2D eigenvalue weighted by Crippen LogP contribution is -1.93. The van der Waals surface area contributed by atoms with E-state index < -0.39 is 0 Å². The Balaban J connectivity index is 3.30. The van der Waals surface area contributed by atoms with Gasteiger partial charge in [-0.25, -0.2) is 4.98 Å². The number of aromatic hydroxyl groups is 1. The number of nitrogen functional groups attached to an aromatic ring is 1. The molecule has 0 aromatic carbocycles. The maximum absolute atomic E-state index is 8.95. The standard InChI is InChI=1S/C6H7N3O/c7-3-4-5(8)1-2-9-6(4)10/h1-3,7H,(H3,8,9,10). The summed E-state index contributed by atoms with van der Waals surface area (Å²) in [5.74, 6) is -0.199. The number of nitrogens with two attached hydrogens (primary N) is 1. The second-order valence-corrected chi connectivity index (χ2v) is 1.78. The lowest BCUT2D eigenvalue weighted by atomic mass is 10.2. The van der Waals surface area contributed by atoms with Gasteiger partial charge < -0.3 is 16.2 Å². The van der Waals surface area contributed by atoms with Crippen LogP contribution in [0.2, 0.25) is 0 Å². The number of hydrogen-bond acceptors (Lipinski definition) is 4. The van der Waals surface area contributed by atoms with Crippen molar-refractivity contribution >= 4 is 11.9 Å². The summed E-state index contributed by atoms with van der Waals surface area (Å²) in [6.07, 6.45) is 2.36. The third-order valence-corrected chi connectivity index (χ3v) is 1.15. The quantitative estimate of drug-likeness (QED) is 0.489. The first kappa shape index (κ1) is 6.54. The molecule has 0 amide bonds. The Kier molecular flexibility index (Phi) is 1.53. The fourth-order valence-electron chi connectivity index (χ4n) is 0.624. The molecule has 0 saturated heterocycles. The van der Waals surface area contributed by atoms with Gasteiger partial charge in [-0.2, -0.15) is 0 Å². The number of pyridine rings is 1. The summed E-state index contributed by atoms with van der Waals surface area (Å²) in [5.41, 5.74) is 6.01. The van der Waals surface area contributed by atoms with Crippen LogP contribution in [0.4, 0.5) is 5.69 Å². The molecular formula is C6H7N3O. The molecule has 4 N–H and O–H groups in total. The van der Waals surface area contributed by atoms with Crippen LogP contribution in [0.5, 0.6) is 5.88 Å². The Morgan fingerprint density at radius 2 is 2.40 bits per heavy atom. The van der Waals surface area contributed by atoms with E-state index >= 15 is 0 Å². The van der Waals surface area contributed by atoms with Gasteiger partial charge in [0, 0.05) is 18.1 Å². The van der Waals surface area contributed by atoms with Gasteiger partial charge in [0.2, 0.25) is 5.88 Å². The highest BCUT2D eigenvalue weighted by Crippen LogP contribution is 2.16. The third-order valence-electron chi connectivity index (χ3n) is 1.15. The Bertz CT molecular complexity index is 239. The van der Waals surface area contributed by atoms with Gasteiger partial charge in [0.15, 0.2) is 0 Å². The van der Waals surface area contributed by atoms with Crippen LogP contribution in [-0.2, 0) is 0 Å². The van der Waals surface area contributed by atoms with Crippen LogP contribution in [0, 0.1) is 5.41 Å². The van der Waals surface area contributed by atoms with Gasteiger partial charge in [-0.1, -0.05) is 0 Å². The minimum absolute atomic E-state index is 0.199. The van der Waals surface area contributed by atoms with Crippen molar-refractivity contribution < 1.29 is 5.11 Å². The molecule has 0 radical (unpaired) electrons. The number of nitrogens with one attached hydrogen (secondary N) is 1. The van der Waals surface area contributed by atoms with E-state index in [0.29, 0.717) is 5.69 Å². The Hall–Kier alpha value is -1.58. The molecule has 0 aliphatic heterocycles. The van der Waals surface area contributed by atoms with E-state index in [4.69, 9.17) is 16.2 Å². The van der Waals surface area contributed by atoms with Crippen molar-refractivity contribution in [2.75, 3.05) is 5.73 Å². The lowest BCUT2D eigenvalue weighted by molar-refractivity contribution is 0.453. The average Bonchev–Trinajstić information content (AvgIpc) is 1.88. The molecular weight excluding hydrogens is 130 g/mol. The predicted molar refractivity (Wildman–Crippen MR) is 38.2 cm³/mol. The smallest absolute Gasteiger partial charge is 0.221 e.